The van der Waals surface area contributed by atoms with Gasteiger partial charge in [0.15, 0.2) is 5.78 Å². The molecule has 0 N–H and O–H groups in total. The molecular formula is C10H11NO2. The van der Waals surface area contributed by atoms with Gasteiger partial charge >= 0.3 is 0 Å². The van der Waals surface area contributed by atoms with Crippen LogP contribution >= 0.6 is 0 Å². The molecule has 1 aromatic heterocycles. The summed E-state index contributed by atoms with van der Waals surface area (Å²) in [5.41, 5.74) is 0.876. The van der Waals surface area contributed by atoms with Crippen LogP contribution in [0, 0.1) is 0 Å². The van der Waals surface area contributed by atoms with Gasteiger partial charge in [0.05, 0.1) is 0 Å². The van der Waals surface area contributed by atoms with Crippen LogP contribution in [0.4, 0.5) is 0 Å². The number of nitrogens with zero attached hydrogens (tertiary/aromatic N) is 1. The summed E-state index contributed by atoms with van der Waals surface area (Å²) in [7, 11) is 0. The zero-order valence-electron chi connectivity index (χ0n) is 7.49. The highest BCUT2D eigenvalue weighted by molar-refractivity contribution is 5.95. The van der Waals surface area contributed by atoms with E-state index in [4.69, 9.17) is 0 Å². The zero-order chi connectivity index (χ0) is 9.68. The van der Waals surface area contributed by atoms with Gasteiger partial charge in [-0.2, -0.15) is 0 Å². The number of pyridine rings is 1. The average molecular weight is 177 g/mol. The van der Waals surface area contributed by atoms with E-state index in [-0.39, 0.29) is 5.78 Å². The monoisotopic (exact) mass is 177 g/mol. The number of aldehydes is 1. The van der Waals surface area contributed by atoms with E-state index in [0.717, 1.165) is 6.42 Å². The summed E-state index contributed by atoms with van der Waals surface area (Å²) in [4.78, 5) is 25.6. The van der Waals surface area contributed by atoms with Gasteiger partial charge in [0.2, 0.25) is 0 Å². The summed E-state index contributed by atoms with van der Waals surface area (Å²) in [5.74, 6) is -0.00815. The smallest absolute Gasteiger partial charge is 0.181 e. The number of rotatable bonds is 4. The second-order valence-electron chi connectivity index (χ2n) is 2.77. The number of carbonyl (C=O) groups excluding carboxylic acids is 2. The highest BCUT2D eigenvalue weighted by Gasteiger charge is 2.05. The molecule has 0 saturated carbocycles. The Labute approximate surface area is 76.8 Å². The first-order valence-corrected chi connectivity index (χ1v) is 4.22. The van der Waals surface area contributed by atoms with Crippen LogP contribution in [0.25, 0.3) is 0 Å². The summed E-state index contributed by atoms with van der Waals surface area (Å²) in [6.07, 6.45) is 3.47. The molecule has 1 heterocycles. The molecule has 0 aromatic carbocycles. The van der Waals surface area contributed by atoms with Crippen LogP contribution in [-0.2, 0) is 0 Å². The van der Waals surface area contributed by atoms with Crippen LogP contribution < -0.4 is 0 Å². The summed E-state index contributed by atoms with van der Waals surface area (Å²) in [6, 6.07) is 3.10. The summed E-state index contributed by atoms with van der Waals surface area (Å²) in [5, 5.41) is 0. The molecule has 0 aliphatic carbocycles. The lowest BCUT2D eigenvalue weighted by molar-refractivity contribution is 0.0977. The molecule has 68 valence electrons. The lowest BCUT2D eigenvalue weighted by Crippen LogP contribution is -2.01. The lowest BCUT2D eigenvalue weighted by atomic mass is 10.1. The van der Waals surface area contributed by atoms with Gasteiger partial charge in [-0.3, -0.25) is 14.6 Å². The second kappa shape index (κ2) is 4.50. The molecule has 13 heavy (non-hydrogen) atoms. The summed E-state index contributed by atoms with van der Waals surface area (Å²) < 4.78 is 0. The molecule has 0 saturated heterocycles. The number of hydrogen-bond donors (Lipinski definition) is 0. The molecule has 0 unspecified atom stereocenters. The number of carbonyl (C=O) groups is 2. The minimum Gasteiger partial charge on any atom is -0.298 e. The minimum absolute atomic E-state index is 0.00815. The first-order chi connectivity index (χ1) is 6.27. The van der Waals surface area contributed by atoms with E-state index < -0.39 is 0 Å². The Balaban J connectivity index is 2.88. The fourth-order valence-corrected chi connectivity index (χ4v) is 1.03. The number of ketones is 1. The molecular weight excluding hydrogens is 166 g/mol. The molecule has 0 amide bonds. The normalized spacial score (nSPS) is 9.62. The van der Waals surface area contributed by atoms with Crippen molar-refractivity contribution in [2.75, 3.05) is 0 Å². The quantitative estimate of drug-likeness (QED) is 0.521. The van der Waals surface area contributed by atoms with Gasteiger partial charge in [-0.25, -0.2) is 0 Å². The standard InChI is InChI=1S/C10H11NO2/c1-2-3-10(13)9-6-8(7-12)4-5-11-9/h4-7H,2-3H2,1H3. The van der Waals surface area contributed by atoms with Crippen molar-refractivity contribution >= 4 is 12.1 Å². The topological polar surface area (TPSA) is 47.0 Å². The maximum Gasteiger partial charge on any atom is 0.181 e. The largest absolute Gasteiger partial charge is 0.298 e. The first-order valence-electron chi connectivity index (χ1n) is 4.22. The van der Waals surface area contributed by atoms with Gasteiger partial charge in [0, 0.05) is 18.2 Å². The fraction of sp³-hybridized carbons (Fsp3) is 0.300. The maximum absolute atomic E-state index is 11.3. The Hall–Kier alpha value is -1.51. The number of Topliss-reactive ketones (excluding diaryl/α,β-unsaturated/α-hetero) is 1. The predicted molar refractivity (Wildman–Crippen MR) is 48.9 cm³/mol. The predicted octanol–water partition coefficient (Wildman–Crippen LogP) is 1.88. The van der Waals surface area contributed by atoms with Crippen LogP contribution in [0.5, 0.6) is 0 Å². The van der Waals surface area contributed by atoms with Crippen molar-refractivity contribution in [3.05, 3.63) is 29.6 Å². The van der Waals surface area contributed by atoms with E-state index >= 15 is 0 Å². The average Bonchev–Trinajstić information content (AvgIpc) is 2.18. The zero-order valence-corrected chi connectivity index (χ0v) is 7.49. The summed E-state index contributed by atoms with van der Waals surface area (Å²) in [6.45, 7) is 1.93. The van der Waals surface area contributed by atoms with Crippen LogP contribution in [0.1, 0.15) is 40.6 Å². The first kappa shape index (κ1) is 9.58. The van der Waals surface area contributed by atoms with Crippen molar-refractivity contribution in [2.45, 2.75) is 19.8 Å². The third-order valence-electron chi connectivity index (χ3n) is 1.68. The molecule has 3 heteroatoms. The highest BCUT2D eigenvalue weighted by Crippen LogP contribution is 2.03. The maximum atomic E-state index is 11.3. The van der Waals surface area contributed by atoms with Crippen molar-refractivity contribution in [1.29, 1.82) is 0 Å². The van der Waals surface area contributed by atoms with E-state index in [1.165, 1.54) is 12.3 Å². The molecule has 1 aromatic rings. The number of aromatic nitrogens is 1. The van der Waals surface area contributed by atoms with E-state index in [2.05, 4.69) is 4.98 Å². The third kappa shape index (κ3) is 2.47. The van der Waals surface area contributed by atoms with Crippen molar-refractivity contribution in [2.24, 2.45) is 0 Å². The van der Waals surface area contributed by atoms with Gasteiger partial charge in [-0.05, 0) is 18.6 Å². The SMILES string of the molecule is CCCC(=O)c1cc(C=O)ccn1. The van der Waals surface area contributed by atoms with Crippen molar-refractivity contribution < 1.29 is 9.59 Å². The molecule has 0 atom stereocenters. The minimum atomic E-state index is -0.00815. The Kier molecular flexibility index (Phi) is 3.31. The van der Waals surface area contributed by atoms with Gasteiger partial charge in [0.25, 0.3) is 0 Å². The Bertz CT molecular complexity index is 320. The lowest BCUT2D eigenvalue weighted by Gasteiger charge is -1.97. The Morgan fingerprint density at radius 3 is 3.00 bits per heavy atom. The summed E-state index contributed by atoms with van der Waals surface area (Å²) >= 11 is 0. The molecule has 0 fully saturated rings. The van der Waals surface area contributed by atoms with Gasteiger partial charge in [-0.1, -0.05) is 6.92 Å². The van der Waals surface area contributed by atoms with Gasteiger partial charge in [-0.15, -0.1) is 0 Å². The van der Waals surface area contributed by atoms with E-state index in [0.29, 0.717) is 24.0 Å². The van der Waals surface area contributed by atoms with Crippen molar-refractivity contribution in [3.8, 4) is 0 Å². The van der Waals surface area contributed by atoms with E-state index in [9.17, 15) is 9.59 Å². The van der Waals surface area contributed by atoms with Crippen LogP contribution in [0.3, 0.4) is 0 Å². The number of hydrogen-bond acceptors (Lipinski definition) is 3. The highest BCUT2D eigenvalue weighted by atomic mass is 16.1. The van der Waals surface area contributed by atoms with Crippen LogP contribution in [0.15, 0.2) is 18.3 Å². The Morgan fingerprint density at radius 2 is 2.38 bits per heavy atom. The van der Waals surface area contributed by atoms with Crippen molar-refractivity contribution in [1.82, 2.24) is 4.98 Å². The van der Waals surface area contributed by atoms with Gasteiger partial charge < -0.3 is 0 Å². The molecule has 0 bridgehead atoms. The van der Waals surface area contributed by atoms with E-state index in [1.807, 2.05) is 6.92 Å². The molecule has 3 nitrogen and oxygen atoms in total. The van der Waals surface area contributed by atoms with Crippen LogP contribution in [0.2, 0.25) is 0 Å². The van der Waals surface area contributed by atoms with Crippen LogP contribution in [-0.4, -0.2) is 17.1 Å². The second-order valence-corrected chi connectivity index (χ2v) is 2.77. The molecule has 1 rings (SSSR count). The molecule has 0 radical (unpaired) electrons. The van der Waals surface area contributed by atoms with Gasteiger partial charge in [0.1, 0.15) is 12.0 Å². The third-order valence-corrected chi connectivity index (χ3v) is 1.68. The Morgan fingerprint density at radius 1 is 1.62 bits per heavy atom. The molecule has 0 spiro atoms. The molecule has 0 aliphatic heterocycles. The molecule has 0 aliphatic rings. The fourth-order valence-electron chi connectivity index (χ4n) is 1.03. The van der Waals surface area contributed by atoms with Crippen molar-refractivity contribution in [3.63, 3.8) is 0 Å². The van der Waals surface area contributed by atoms with E-state index in [1.54, 1.807) is 6.07 Å².